The summed E-state index contributed by atoms with van der Waals surface area (Å²) in [5, 5.41) is 0. The van der Waals surface area contributed by atoms with Gasteiger partial charge in [-0.25, -0.2) is 4.98 Å². The SMILES string of the molecule is Cc1cn2c(n1)CCc1cc(C(C)(C)C)ccc1-2. The summed E-state index contributed by atoms with van der Waals surface area (Å²) in [4.78, 5) is 4.58. The Morgan fingerprint density at radius 3 is 2.67 bits per heavy atom. The highest BCUT2D eigenvalue weighted by atomic mass is 15.1. The molecule has 94 valence electrons. The van der Waals surface area contributed by atoms with Crippen LogP contribution in [0.1, 0.15) is 43.4 Å². The lowest BCUT2D eigenvalue weighted by Crippen LogP contribution is -2.16. The third kappa shape index (κ3) is 1.76. The first kappa shape index (κ1) is 11.5. The molecule has 18 heavy (non-hydrogen) atoms. The van der Waals surface area contributed by atoms with Gasteiger partial charge in [0, 0.05) is 18.3 Å². The molecule has 3 rings (SSSR count). The van der Waals surface area contributed by atoms with Crippen molar-refractivity contribution < 1.29 is 0 Å². The van der Waals surface area contributed by atoms with Crippen molar-refractivity contribution in [3.8, 4) is 5.69 Å². The fraction of sp³-hybridized carbons (Fsp3) is 0.438. The van der Waals surface area contributed by atoms with Crippen LogP contribution < -0.4 is 0 Å². The van der Waals surface area contributed by atoms with Gasteiger partial charge in [0.1, 0.15) is 5.82 Å². The minimum atomic E-state index is 0.222. The maximum atomic E-state index is 4.58. The van der Waals surface area contributed by atoms with Crippen molar-refractivity contribution in [1.82, 2.24) is 9.55 Å². The molecule has 1 aromatic heterocycles. The topological polar surface area (TPSA) is 17.8 Å². The van der Waals surface area contributed by atoms with Crippen LogP contribution in [0, 0.1) is 6.92 Å². The van der Waals surface area contributed by atoms with Crippen molar-refractivity contribution in [2.45, 2.75) is 46.0 Å². The van der Waals surface area contributed by atoms with Crippen LogP contribution in [0.25, 0.3) is 5.69 Å². The lowest BCUT2D eigenvalue weighted by atomic mass is 9.85. The Hall–Kier alpha value is -1.57. The maximum absolute atomic E-state index is 4.58. The summed E-state index contributed by atoms with van der Waals surface area (Å²) in [6, 6.07) is 6.87. The minimum Gasteiger partial charge on any atom is -0.303 e. The van der Waals surface area contributed by atoms with E-state index in [1.54, 1.807) is 0 Å². The molecule has 0 fully saturated rings. The monoisotopic (exact) mass is 240 g/mol. The van der Waals surface area contributed by atoms with Gasteiger partial charge in [-0.3, -0.25) is 0 Å². The van der Waals surface area contributed by atoms with E-state index in [0.29, 0.717) is 0 Å². The largest absolute Gasteiger partial charge is 0.303 e. The molecule has 0 saturated heterocycles. The van der Waals surface area contributed by atoms with Crippen molar-refractivity contribution in [3.05, 3.63) is 47.0 Å². The number of nitrogens with zero attached hydrogens (tertiary/aromatic N) is 2. The summed E-state index contributed by atoms with van der Waals surface area (Å²) in [6.45, 7) is 8.87. The Bertz CT molecular complexity index is 600. The predicted octanol–water partition coefficient (Wildman–Crippen LogP) is 3.58. The fourth-order valence-electron chi connectivity index (χ4n) is 2.67. The number of hydrogen-bond acceptors (Lipinski definition) is 1. The molecular weight excluding hydrogens is 220 g/mol. The number of imidazole rings is 1. The average molecular weight is 240 g/mol. The zero-order valence-corrected chi connectivity index (χ0v) is 11.6. The van der Waals surface area contributed by atoms with Crippen LogP contribution in [0.4, 0.5) is 0 Å². The molecular formula is C16H20N2. The molecule has 2 aromatic rings. The molecule has 0 unspecified atom stereocenters. The van der Waals surface area contributed by atoms with Crippen LogP contribution in [0.3, 0.4) is 0 Å². The molecule has 0 bridgehead atoms. The minimum absolute atomic E-state index is 0.222. The molecule has 0 spiro atoms. The second kappa shape index (κ2) is 3.71. The molecule has 1 aromatic carbocycles. The Labute approximate surface area is 109 Å². The molecule has 0 radical (unpaired) electrons. The van der Waals surface area contributed by atoms with Gasteiger partial charge in [-0.2, -0.15) is 0 Å². The molecule has 0 saturated carbocycles. The number of fused-ring (bicyclic) bond motifs is 3. The molecule has 2 nitrogen and oxygen atoms in total. The second-order valence-corrected chi connectivity index (χ2v) is 6.26. The van der Waals surface area contributed by atoms with Crippen LogP contribution in [-0.2, 0) is 18.3 Å². The average Bonchev–Trinajstić information content (AvgIpc) is 2.68. The first-order valence-electron chi connectivity index (χ1n) is 6.64. The predicted molar refractivity (Wildman–Crippen MR) is 74.4 cm³/mol. The smallest absolute Gasteiger partial charge is 0.113 e. The second-order valence-electron chi connectivity index (χ2n) is 6.26. The molecule has 2 heteroatoms. The van der Waals surface area contributed by atoms with Crippen molar-refractivity contribution >= 4 is 0 Å². The first-order chi connectivity index (χ1) is 8.45. The van der Waals surface area contributed by atoms with Crippen LogP contribution in [0.15, 0.2) is 24.4 Å². The zero-order chi connectivity index (χ0) is 12.9. The van der Waals surface area contributed by atoms with Gasteiger partial charge < -0.3 is 4.57 Å². The Morgan fingerprint density at radius 1 is 1.17 bits per heavy atom. The molecule has 0 N–H and O–H groups in total. The van der Waals surface area contributed by atoms with Crippen molar-refractivity contribution in [2.24, 2.45) is 0 Å². The van der Waals surface area contributed by atoms with E-state index >= 15 is 0 Å². The number of hydrogen-bond donors (Lipinski definition) is 0. The summed E-state index contributed by atoms with van der Waals surface area (Å²) in [7, 11) is 0. The Kier molecular flexibility index (Phi) is 2.37. The van der Waals surface area contributed by atoms with Crippen LogP contribution in [0.5, 0.6) is 0 Å². The van der Waals surface area contributed by atoms with Gasteiger partial charge >= 0.3 is 0 Å². The van der Waals surface area contributed by atoms with E-state index in [0.717, 1.165) is 18.5 Å². The Balaban J connectivity index is 2.14. The lowest BCUT2D eigenvalue weighted by Gasteiger charge is -2.24. The van der Waals surface area contributed by atoms with Crippen LogP contribution >= 0.6 is 0 Å². The molecule has 0 aliphatic carbocycles. The van der Waals surface area contributed by atoms with E-state index in [9.17, 15) is 0 Å². The number of rotatable bonds is 0. The normalized spacial score (nSPS) is 14.2. The van der Waals surface area contributed by atoms with Crippen molar-refractivity contribution in [3.63, 3.8) is 0 Å². The lowest BCUT2D eigenvalue weighted by molar-refractivity contribution is 0.588. The summed E-state index contributed by atoms with van der Waals surface area (Å²) >= 11 is 0. The maximum Gasteiger partial charge on any atom is 0.113 e. The van der Waals surface area contributed by atoms with E-state index in [-0.39, 0.29) is 5.41 Å². The third-order valence-corrected chi connectivity index (χ3v) is 3.72. The van der Waals surface area contributed by atoms with E-state index in [1.165, 1.54) is 22.6 Å². The molecule has 0 atom stereocenters. The summed E-state index contributed by atoms with van der Waals surface area (Å²) < 4.78 is 2.25. The number of aromatic nitrogens is 2. The number of benzene rings is 1. The molecule has 1 aliphatic rings. The van der Waals surface area contributed by atoms with E-state index in [4.69, 9.17) is 0 Å². The third-order valence-electron chi connectivity index (χ3n) is 3.72. The van der Waals surface area contributed by atoms with Gasteiger partial charge in [0.2, 0.25) is 0 Å². The van der Waals surface area contributed by atoms with E-state index in [2.05, 4.69) is 61.6 Å². The van der Waals surface area contributed by atoms with Gasteiger partial charge in [-0.15, -0.1) is 0 Å². The highest BCUT2D eigenvalue weighted by molar-refractivity contribution is 5.48. The van der Waals surface area contributed by atoms with Gasteiger partial charge in [0.05, 0.1) is 5.69 Å². The van der Waals surface area contributed by atoms with Crippen molar-refractivity contribution in [2.75, 3.05) is 0 Å². The quantitative estimate of drug-likeness (QED) is 0.688. The Morgan fingerprint density at radius 2 is 1.94 bits per heavy atom. The first-order valence-corrected chi connectivity index (χ1v) is 6.64. The van der Waals surface area contributed by atoms with E-state index in [1.807, 2.05) is 0 Å². The standard InChI is InChI=1S/C16H20N2/c1-11-10-18-14-7-6-13(16(2,3)4)9-12(14)5-8-15(18)17-11/h6-7,9-10H,5,8H2,1-4H3. The zero-order valence-electron chi connectivity index (χ0n) is 11.6. The van der Waals surface area contributed by atoms with Gasteiger partial charge in [-0.05, 0) is 36.0 Å². The highest BCUT2D eigenvalue weighted by Crippen LogP contribution is 2.30. The fourth-order valence-corrected chi connectivity index (χ4v) is 2.67. The summed E-state index contributed by atoms with van der Waals surface area (Å²) in [5.41, 5.74) is 5.51. The molecule has 0 amide bonds. The highest BCUT2D eigenvalue weighted by Gasteiger charge is 2.20. The number of aryl methyl sites for hydroxylation is 3. The van der Waals surface area contributed by atoms with Gasteiger partial charge in [0.25, 0.3) is 0 Å². The van der Waals surface area contributed by atoms with Gasteiger partial charge in [0.15, 0.2) is 0 Å². The van der Waals surface area contributed by atoms with Crippen LogP contribution in [0.2, 0.25) is 0 Å². The molecule has 1 aliphatic heterocycles. The van der Waals surface area contributed by atoms with Crippen molar-refractivity contribution in [1.29, 1.82) is 0 Å². The summed E-state index contributed by atoms with van der Waals surface area (Å²) in [6.07, 6.45) is 4.30. The van der Waals surface area contributed by atoms with Crippen LogP contribution in [-0.4, -0.2) is 9.55 Å². The van der Waals surface area contributed by atoms with E-state index < -0.39 is 0 Å². The summed E-state index contributed by atoms with van der Waals surface area (Å²) in [5.74, 6) is 1.20. The van der Waals surface area contributed by atoms with Gasteiger partial charge in [-0.1, -0.05) is 32.9 Å². The molecule has 2 heterocycles.